The lowest BCUT2D eigenvalue weighted by Gasteiger charge is -2.27. The maximum atomic E-state index is 8.64. The minimum atomic E-state index is 0.00810. The first-order chi connectivity index (χ1) is 4.33. The fourth-order valence-corrected chi connectivity index (χ4v) is 0.980. The summed E-state index contributed by atoms with van der Waals surface area (Å²) < 4.78 is 5.32. The Labute approximate surface area is 55.0 Å². The molecule has 3 heteroatoms. The Bertz CT molecular complexity index is 87.1. The molecule has 1 fully saturated rings. The Morgan fingerprint density at radius 2 is 2.44 bits per heavy atom. The molecular formula is C6H13NO2. The van der Waals surface area contributed by atoms with Crippen molar-refractivity contribution < 1.29 is 9.84 Å². The van der Waals surface area contributed by atoms with Crippen molar-refractivity contribution in [1.29, 1.82) is 0 Å². The van der Waals surface area contributed by atoms with E-state index in [2.05, 4.69) is 5.32 Å². The van der Waals surface area contributed by atoms with Gasteiger partial charge < -0.3 is 15.2 Å². The maximum absolute atomic E-state index is 8.64. The lowest BCUT2D eigenvalue weighted by Crippen LogP contribution is -2.44. The lowest BCUT2D eigenvalue weighted by molar-refractivity contribution is -0.0518. The van der Waals surface area contributed by atoms with Crippen molar-refractivity contribution in [2.24, 2.45) is 0 Å². The van der Waals surface area contributed by atoms with E-state index in [-0.39, 0.29) is 18.8 Å². The third-order valence-electron chi connectivity index (χ3n) is 1.43. The molecule has 9 heavy (non-hydrogen) atoms. The molecule has 0 bridgehead atoms. The van der Waals surface area contributed by atoms with Crippen LogP contribution in [-0.2, 0) is 4.74 Å². The molecule has 0 aliphatic carbocycles. The Morgan fingerprint density at radius 1 is 1.67 bits per heavy atom. The molecular weight excluding hydrogens is 118 g/mol. The van der Waals surface area contributed by atoms with Gasteiger partial charge in [-0.05, 0) is 6.92 Å². The van der Waals surface area contributed by atoms with Crippen molar-refractivity contribution in [1.82, 2.24) is 5.32 Å². The average molecular weight is 131 g/mol. The molecule has 1 saturated heterocycles. The number of hydrogen-bond acceptors (Lipinski definition) is 3. The van der Waals surface area contributed by atoms with E-state index in [4.69, 9.17) is 9.84 Å². The minimum Gasteiger partial charge on any atom is -0.394 e. The highest BCUT2D eigenvalue weighted by Gasteiger charge is 2.16. The summed E-state index contributed by atoms with van der Waals surface area (Å²) in [5, 5.41) is 11.8. The van der Waals surface area contributed by atoms with Gasteiger partial charge in [-0.1, -0.05) is 0 Å². The quantitative estimate of drug-likeness (QED) is 0.497. The molecule has 0 amide bonds. The van der Waals surface area contributed by atoms with E-state index in [1.807, 2.05) is 6.92 Å². The third kappa shape index (κ3) is 1.93. The molecule has 54 valence electrons. The standard InChI is InChI=1S/C6H13NO2/c1-5-2-7-3-6(4-8)9-5/h5-8H,2-4H2,1H3/t5-,6?/m0/s1. The lowest BCUT2D eigenvalue weighted by atomic mass is 10.3. The first-order valence-electron chi connectivity index (χ1n) is 3.30. The highest BCUT2D eigenvalue weighted by molar-refractivity contribution is 4.70. The largest absolute Gasteiger partial charge is 0.394 e. The molecule has 0 saturated carbocycles. The van der Waals surface area contributed by atoms with Crippen LogP contribution in [0.1, 0.15) is 6.92 Å². The monoisotopic (exact) mass is 131 g/mol. The van der Waals surface area contributed by atoms with Gasteiger partial charge in [-0.15, -0.1) is 0 Å². The van der Waals surface area contributed by atoms with E-state index in [1.165, 1.54) is 0 Å². The van der Waals surface area contributed by atoms with E-state index in [0.29, 0.717) is 0 Å². The van der Waals surface area contributed by atoms with Crippen LogP contribution in [0.4, 0.5) is 0 Å². The van der Waals surface area contributed by atoms with Gasteiger partial charge in [0.15, 0.2) is 0 Å². The Balaban J connectivity index is 2.23. The van der Waals surface area contributed by atoms with Gasteiger partial charge in [-0.25, -0.2) is 0 Å². The Hall–Kier alpha value is -0.120. The number of ether oxygens (including phenoxy) is 1. The van der Waals surface area contributed by atoms with Gasteiger partial charge in [0, 0.05) is 13.1 Å². The predicted octanol–water partition coefficient (Wildman–Crippen LogP) is -0.644. The molecule has 1 unspecified atom stereocenters. The van der Waals surface area contributed by atoms with Crippen LogP contribution in [0, 0.1) is 0 Å². The van der Waals surface area contributed by atoms with Gasteiger partial charge in [0.1, 0.15) is 0 Å². The van der Waals surface area contributed by atoms with E-state index in [9.17, 15) is 0 Å². The molecule has 2 N–H and O–H groups in total. The number of aliphatic hydroxyl groups is 1. The third-order valence-corrected chi connectivity index (χ3v) is 1.43. The molecule has 0 aromatic rings. The Morgan fingerprint density at radius 3 is 2.89 bits per heavy atom. The van der Waals surface area contributed by atoms with E-state index >= 15 is 0 Å². The normalized spacial score (nSPS) is 36.7. The summed E-state index contributed by atoms with van der Waals surface area (Å²) in [5.74, 6) is 0. The molecule has 1 aliphatic heterocycles. The van der Waals surface area contributed by atoms with Gasteiger partial charge >= 0.3 is 0 Å². The topological polar surface area (TPSA) is 41.5 Å². The van der Waals surface area contributed by atoms with Crippen LogP contribution in [0.25, 0.3) is 0 Å². The van der Waals surface area contributed by atoms with Crippen LogP contribution in [0.2, 0.25) is 0 Å². The second-order valence-corrected chi connectivity index (χ2v) is 2.41. The molecule has 3 nitrogen and oxygen atoms in total. The zero-order chi connectivity index (χ0) is 6.69. The SMILES string of the molecule is C[C@H]1CNCC(CO)O1. The summed E-state index contributed by atoms with van der Waals surface area (Å²) in [5.41, 5.74) is 0. The molecule has 0 aromatic heterocycles. The van der Waals surface area contributed by atoms with Crippen molar-refractivity contribution in [2.75, 3.05) is 19.7 Å². The smallest absolute Gasteiger partial charge is 0.0933 e. The van der Waals surface area contributed by atoms with Crippen molar-refractivity contribution in [3.05, 3.63) is 0 Å². The highest BCUT2D eigenvalue weighted by Crippen LogP contribution is 2.00. The van der Waals surface area contributed by atoms with Crippen LogP contribution in [0.3, 0.4) is 0 Å². The van der Waals surface area contributed by atoms with Crippen LogP contribution in [0.5, 0.6) is 0 Å². The van der Waals surface area contributed by atoms with Crippen LogP contribution in [0.15, 0.2) is 0 Å². The zero-order valence-electron chi connectivity index (χ0n) is 5.63. The number of hydrogen-bond donors (Lipinski definition) is 2. The summed E-state index contributed by atoms with van der Waals surface area (Å²) in [4.78, 5) is 0. The molecule has 1 aliphatic rings. The van der Waals surface area contributed by atoms with Crippen molar-refractivity contribution >= 4 is 0 Å². The average Bonchev–Trinajstić information content (AvgIpc) is 1.88. The predicted molar refractivity (Wildman–Crippen MR) is 34.3 cm³/mol. The number of aliphatic hydroxyl groups excluding tert-OH is 1. The molecule has 0 aromatic carbocycles. The van der Waals surface area contributed by atoms with Crippen molar-refractivity contribution in [3.8, 4) is 0 Å². The molecule has 1 rings (SSSR count). The van der Waals surface area contributed by atoms with Gasteiger partial charge in [0.25, 0.3) is 0 Å². The first-order valence-corrected chi connectivity index (χ1v) is 3.30. The Kier molecular flexibility index (Phi) is 2.45. The molecule has 0 spiro atoms. The van der Waals surface area contributed by atoms with Gasteiger partial charge in [-0.2, -0.15) is 0 Å². The fraction of sp³-hybridized carbons (Fsp3) is 1.00. The first kappa shape index (κ1) is 6.99. The van der Waals surface area contributed by atoms with Crippen molar-refractivity contribution in [3.63, 3.8) is 0 Å². The summed E-state index contributed by atoms with van der Waals surface area (Å²) in [6.07, 6.45) is 0.254. The number of nitrogens with one attached hydrogen (secondary N) is 1. The molecule has 1 heterocycles. The second-order valence-electron chi connectivity index (χ2n) is 2.41. The van der Waals surface area contributed by atoms with Crippen LogP contribution < -0.4 is 5.32 Å². The van der Waals surface area contributed by atoms with Crippen LogP contribution >= 0.6 is 0 Å². The van der Waals surface area contributed by atoms with E-state index in [1.54, 1.807) is 0 Å². The summed E-state index contributed by atoms with van der Waals surface area (Å²) in [6, 6.07) is 0. The van der Waals surface area contributed by atoms with Gasteiger partial charge in [-0.3, -0.25) is 0 Å². The van der Waals surface area contributed by atoms with Gasteiger partial charge in [0.2, 0.25) is 0 Å². The molecule has 2 atom stereocenters. The number of morpholine rings is 1. The van der Waals surface area contributed by atoms with Crippen molar-refractivity contribution in [2.45, 2.75) is 19.1 Å². The molecule has 0 radical (unpaired) electrons. The summed E-state index contributed by atoms with van der Waals surface area (Å²) >= 11 is 0. The highest BCUT2D eigenvalue weighted by atomic mass is 16.5. The van der Waals surface area contributed by atoms with E-state index < -0.39 is 0 Å². The summed E-state index contributed by atoms with van der Waals surface area (Å²) in [7, 11) is 0. The second kappa shape index (κ2) is 3.15. The minimum absolute atomic E-state index is 0.00810. The maximum Gasteiger partial charge on any atom is 0.0933 e. The van der Waals surface area contributed by atoms with Crippen LogP contribution in [-0.4, -0.2) is 37.0 Å². The fourth-order valence-electron chi connectivity index (χ4n) is 0.980. The van der Waals surface area contributed by atoms with E-state index in [0.717, 1.165) is 13.1 Å². The summed E-state index contributed by atoms with van der Waals surface area (Å²) in [6.45, 7) is 3.80. The van der Waals surface area contributed by atoms with Gasteiger partial charge in [0.05, 0.1) is 18.8 Å². The number of rotatable bonds is 1. The zero-order valence-corrected chi connectivity index (χ0v) is 5.63.